The minimum atomic E-state index is -0.174. The van der Waals surface area contributed by atoms with E-state index in [0.29, 0.717) is 19.7 Å². The van der Waals surface area contributed by atoms with Crippen LogP contribution in [0.15, 0.2) is 12.1 Å². The van der Waals surface area contributed by atoms with Crippen molar-refractivity contribution in [3.63, 3.8) is 0 Å². The molecule has 5 nitrogen and oxygen atoms in total. The molecule has 2 fully saturated rings. The second-order valence-electron chi connectivity index (χ2n) is 6.24. The summed E-state index contributed by atoms with van der Waals surface area (Å²) in [6, 6.07) is 4.05. The SMILES string of the molecule is Cc1ccc(C)c(OCC(=O)N2C[C@@H]3COC(=O)[C@@H]3C2)c1C. The lowest BCUT2D eigenvalue weighted by Gasteiger charge is -2.19. The van der Waals surface area contributed by atoms with Crippen molar-refractivity contribution in [2.45, 2.75) is 20.8 Å². The Kier molecular flexibility index (Phi) is 3.81. The van der Waals surface area contributed by atoms with Gasteiger partial charge in [-0.1, -0.05) is 12.1 Å². The third kappa shape index (κ3) is 2.56. The number of fused-ring (bicyclic) bond motifs is 1. The van der Waals surface area contributed by atoms with E-state index in [1.165, 1.54) is 0 Å². The Morgan fingerprint density at radius 2 is 2.00 bits per heavy atom. The van der Waals surface area contributed by atoms with Gasteiger partial charge in [0.25, 0.3) is 5.91 Å². The lowest BCUT2D eigenvalue weighted by molar-refractivity contribution is -0.142. The molecule has 0 saturated carbocycles. The van der Waals surface area contributed by atoms with E-state index in [1.54, 1.807) is 4.90 Å². The molecule has 118 valence electrons. The molecular weight excluding hydrogens is 282 g/mol. The maximum atomic E-state index is 12.3. The van der Waals surface area contributed by atoms with Crippen molar-refractivity contribution in [1.82, 2.24) is 4.90 Å². The highest BCUT2D eigenvalue weighted by atomic mass is 16.5. The van der Waals surface area contributed by atoms with Crippen LogP contribution in [0, 0.1) is 32.6 Å². The summed E-state index contributed by atoms with van der Waals surface area (Å²) in [6.07, 6.45) is 0. The van der Waals surface area contributed by atoms with Crippen LogP contribution < -0.4 is 4.74 Å². The van der Waals surface area contributed by atoms with Crippen LogP contribution in [0.5, 0.6) is 5.75 Å². The summed E-state index contributed by atoms with van der Waals surface area (Å²) >= 11 is 0. The molecule has 1 amide bonds. The van der Waals surface area contributed by atoms with Gasteiger partial charge in [0.05, 0.1) is 12.5 Å². The van der Waals surface area contributed by atoms with Gasteiger partial charge in [-0.2, -0.15) is 0 Å². The van der Waals surface area contributed by atoms with E-state index >= 15 is 0 Å². The molecule has 2 aliphatic rings. The number of benzene rings is 1. The summed E-state index contributed by atoms with van der Waals surface area (Å²) in [5, 5.41) is 0. The number of aryl methyl sites for hydroxylation is 2. The number of hydrogen-bond acceptors (Lipinski definition) is 4. The molecule has 1 aromatic rings. The fraction of sp³-hybridized carbons (Fsp3) is 0.529. The van der Waals surface area contributed by atoms with Crippen molar-refractivity contribution in [3.8, 4) is 5.75 Å². The fourth-order valence-electron chi connectivity index (χ4n) is 3.18. The van der Waals surface area contributed by atoms with Crippen molar-refractivity contribution in [3.05, 3.63) is 28.8 Å². The molecule has 0 unspecified atom stereocenters. The van der Waals surface area contributed by atoms with E-state index in [2.05, 4.69) is 0 Å². The molecule has 0 N–H and O–H groups in total. The zero-order valence-corrected chi connectivity index (χ0v) is 13.2. The number of esters is 1. The predicted molar refractivity (Wildman–Crippen MR) is 80.7 cm³/mol. The van der Waals surface area contributed by atoms with Gasteiger partial charge in [0, 0.05) is 19.0 Å². The zero-order chi connectivity index (χ0) is 15.9. The third-order valence-electron chi connectivity index (χ3n) is 4.75. The number of carbonyl (C=O) groups excluding carboxylic acids is 2. The largest absolute Gasteiger partial charge is 0.483 e. The third-order valence-corrected chi connectivity index (χ3v) is 4.75. The number of amides is 1. The Hall–Kier alpha value is -2.04. The predicted octanol–water partition coefficient (Wildman–Crippen LogP) is 1.62. The molecule has 0 spiro atoms. The Bertz CT molecular complexity index is 625. The van der Waals surface area contributed by atoms with E-state index in [9.17, 15) is 9.59 Å². The smallest absolute Gasteiger partial charge is 0.311 e. The van der Waals surface area contributed by atoms with Crippen LogP contribution in [0.1, 0.15) is 16.7 Å². The lowest BCUT2D eigenvalue weighted by Crippen LogP contribution is -2.34. The fourth-order valence-corrected chi connectivity index (χ4v) is 3.18. The first kappa shape index (κ1) is 14.9. The van der Waals surface area contributed by atoms with Gasteiger partial charge in [-0.25, -0.2) is 0 Å². The second kappa shape index (κ2) is 5.63. The van der Waals surface area contributed by atoms with Gasteiger partial charge in [0.15, 0.2) is 6.61 Å². The van der Waals surface area contributed by atoms with E-state index in [0.717, 1.165) is 22.4 Å². The lowest BCUT2D eigenvalue weighted by atomic mass is 10.0. The first-order chi connectivity index (χ1) is 10.5. The average Bonchev–Trinajstić information content (AvgIpc) is 3.05. The van der Waals surface area contributed by atoms with Crippen LogP contribution in [-0.4, -0.2) is 43.1 Å². The average molecular weight is 303 g/mol. The Morgan fingerprint density at radius 1 is 1.27 bits per heavy atom. The Labute approximate surface area is 130 Å². The molecule has 5 heteroatoms. The highest BCUT2D eigenvalue weighted by Gasteiger charge is 2.45. The molecule has 0 radical (unpaired) electrons. The normalized spacial score (nSPS) is 23.4. The Balaban J connectivity index is 1.62. The first-order valence-corrected chi connectivity index (χ1v) is 7.61. The maximum absolute atomic E-state index is 12.3. The topological polar surface area (TPSA) is 55.8 Å². The number of nitrogens with zero attached hydrogens (tertiary/aromatic N) is 1. The highest BCUT2D eigenvalue weighted by Crippen LogP contribution is 2.30. The van der Waals surface area contributed by atoms with Crippen LogP contribution in [0.4, 0.5) is 0 Å². The zero-order valence-electron chi connectivity index (χ0n) is 13.2. The number of rotatable bonds is 3. The van der Waals surface area contributed by atoms with Gasteiger partial charge >= 0.3 is 5.97 Å². The van der Waals surface area contributed by atoms with Crippen molar-refractivity contribution in [2.24, 2.45) is 11.8 Å². The summed E-state index contributed by atoms with van der Waals surface area (Å²) in [6.45, 7) is 7.49. The van der Waals surface area contributed by atoms with Crippen molar-refractivity contribution >= 4 is 11.9 Å². The van der Waals surface area contributed by atoms with E-state index in [-0.39, 0.29) is 30.3 Å². The summed E-state index contributed by atoms with van der Waals surface area (Å²) < 4.78 is 10.8. The minimum absolute atomic E-state index is 0.0135. The monoisotopic (exact) mass is 303 g/mol. The minimum Gasteiger partial charge on any atom is -0.483 e. The van der Waals surface area contributed by atoms with E-state index in [4.69, 9.17) is 9.47 Å². The van der Waals surface area contributed by atoms with Gasteiger partial charge in [-0.05, 0) is 37.5 Å². The number of ether oxygens (including phenoxy) is 2. The molecule has 3 rings (SSSR count). The van der Waals surface area contributed by atoms with E-state index < -0.39 is 0 Å². The first-order valence-electron chi connectivity index (χ1n) is 7.61. The summed E-state index contributed by atoms with van der Waals surface area (Å²) in [5.41, 5.74) is 3.24. The van der Waals surface area contributed by atoms with Gasteiger partial charge in [0.2, 0.25) is 0 Å². The van der Waals surface area contributed by atoms with Gasteiger partial charge < -0.3 is 14.4 Å². The van der Waals surface area contributed by atoms with Gasteiger partial charge in [-0.15, -0.1) is 0 Å². The van der Waals surface area contributed by atoms with Crippen LogP contribution in [-0.2, 0) is 14.3 Å². The molecule has 0 bridgehead atoms. The summed E-state index contributed by atoms with van der Waals surface area (Å²) in [4.78, 5) is 25.6. The maximum Gasteiger partial charge on any atom is 0.311 e. The number of cyclic esters (lactones) is 1. The second-order valence-corrected chi connectivity index (χ2v) is 6.24. The van der Waals surface area contributed by atoms with Crippen LogP contribution >= 0.6 is 0 Å². The molecule has 2 atom stereocenters. The van der Waals surface area contributed by atoms with Crippen molar-refractivity contribution in [2.75, 3.05) is 26.3 Å². The Morgan fingerprint density at radius 3 is 2.73 bits per heavy atom. The highest BCUT2D eigenvalue weighted by molar-refractivity contribution is 5.81. The van der Waals surface area contributed by atoms with Gasteiger partial charge in [-0.3, -0.25) is 9.59 Å². The molecule has 22 heavy (non-hydrogen) atoms. The van der Waals surface area contributed by atoms with Crippen molar-refractivity contribution < 1.29 is 19.1 Å². The summed E-state index contributed by atoms with van der Waals surface area (Å²) in [7, 11) is 0. The number of hydrogen-bond donors (Lipinski definition) is 0. The standard InChI is InChI=1S/C17H21NO4/c1-10-4-5-11(2)16(12(10)3)21-9-15(19)18-6-13-8-22-17(20)14(13)7-18/h4-5,13-14H,6-9H2,1-3H3/t13-,14-/m1/s1. The van der Waals surface area contributed by atoms with Crippen LogP contribution in [0.3, 0.4) is 0 Å². The molecule has 0 aliphatic carbocycles. The quantitative estimate of drug-likeness (QED) is 0.796. The molecule has 2 saturated heterocycles. The summed E-state index contributed by atoms with van der Waals surface area (Å²) in [5.74, 6) is 0.548. The van der Waals surface area contributed by atoms with Crippen LogP contribution in [0.2, 0.25) is 0 Å². The molecule has 0 aromatic heterocycles. The van der Waals surface area contributed by atoms with Crippen molar-refractivity contribution in [1.29, 1.82) is 0 Å². The molecular formula is C17H21NO4. The molecule has 2 heterocycles. The number of likely N-dealkylation sites (tertiary alicyclic amines) is 1. The number of carbonyl (C=O) groups is 2. The molecule has 1 aromatic carbocycles. The van der Waals surface area contributed by atoms with Crippen LogP contribution in [0.25, 0.3) is 0 Å². The van der Waals surface area contributed by atoms with Gasteiger partial charge in [0.1, 0.15) is 5.75 Å². The van der Waals surface area contributed by atoms with E-state index in [1.807, 2.05) is 32.9 Å². The molecule has 2 aliphatic heterocycles.